The first-order valence-corrected chi connectivity index (χ1v) is 7.77. The van der Waals surface area contributed by atoms with Gasteiger partial charge in [-0.3, -0.25) is 9.59 Å². The van der Waals surface area contributed by atoms with Gasteiger partial charge in [0.1, 0.15) is 11.5 Å². The second-order valence-electron chi connectivity index (χ2n) is 5.04. The fourth-order valence-corrected chi connectivity index (χ4v) is 2.32. The Labute approximate surface area is 145 Å². The summed E-state index contributed by atoms with van der Waals surface area (Å²) in [5.74, 6) is 0.635. The lowest BCUT2D eigenvalue weighted by Crippen LogP contribution is -2.30. The van der Waals surface area contributed by atoms with Crippen molar-refractivity contribution in [3.63, 3.8) is 0 Å². The normalized spacial score (nSPS) is 10.1. The first-order chi connectivity index (χ1) is 11.6. The van der Waals surface area contributed by atoms with Crippen molar-refractivity contribution >= 4 is 23.8 Å². The number of hydrogen-bond acceptors (Lipinski definition) is 4. The Hall–Kier alpha value is -2.53. The molecule has 0 heterocycles. The van der Waals surface area contributed by atoms with E-state index in [4.69, 9.17) is 21.1 Å². The lowest BCUT2D eigenvalue weighted by molar-refractivity contribution is -0.123. The predicted octanol–water partition coefficient (Wildman–Crippen LogP) is 2.90. The molecule has 0 atom stereocenters. The Morgan fingerprint density at radius 1 is 1.25 bits per heavy atom. The van der Waals surface area contributed by atoms with Crippen molar-refractivity contribution in [1.29, 1.82) is 0 Å². The minimum Gasteiger partial charge on any atom is -0.497 e. The van der Waals surface area contributed by atoms with Gasteiger partial charge in [-0.2, -0.15) is 0 Å². The van der Waals surface area contributed by atoms with Gasteiger partial charge in [-0.05, 0) is 42.3 Å². The standard InChI is InChI=1S/C18H18ClNO4/c1-23-16-5-6-17(14(10-16)11-21)24-12-18(22)20-8-7-13-3-2-4-15(19)9-13/h2-6,9-11H,7-8,12H2,1H3,(H,20,22). The second kappa shape index (κ2) is 8.93. The summed E-state index contributed by atoms with van der Waals surface area (Å²) in [5, 5.41) is 3.43. The van der Waals surface area contributed by atoms with Crippen LogP contribution in [0.15, 0.2) is 42.5 Å². The number of methoxy groups -OCH3 is 1. The van der Waals surface area contributed by atoms with Gasteiger partial charge in [-0.1, -0.05) is 23.7 Å². The monoisotopic (exact) mass is 347 g/mol. The van der Waals surface area contributed by atoms with Crippen molar-refractivity contribution in [2.24, 2.45) is 0 Å². The van der Waals surface area contributed by atoms with Gasteiger partial charge in [0.25, 0.3) is 5.91 Å². The van der Waals surface area contributed by atoms with Crippen LogP contribution in [0.2, 0.25) is 5.02 Å². The van der Waals surface area contributed by atoms with Crippen LogP contribution in [-0.2, 0) is 11.2 Å². The minimum atomic E-state index is -0.260. The Balaban J connectivity index is 1.80. The number of nitrogens with one attached hydrogen (secondary N) is 1. The number of halogens is 1. The van der Waals surface area contributed by atoms with Gasteiger partial charge in [0.2, 0.25) is 0 Å². The van der Waals surface area contributed by atoms with Gasteiger partial charge in [0, 0.05) is 11.6 Å². The molecule has 0 unspecified atom stereocenters. The summed E-state index contributed by atoms with van der Waals surface area (Å²) in [4.78, 5) is 22.9. The average Bonchev–Trinajstić information content (AvgIpc) is 2.60. The minimum absolute atomic E-state index is 0.164. The molecular weight excluding hydrogens is 330 g/mol. The van der Waals surface area contributed by atoms with Crippen LogP contribution in [0.3, 0.4) is 0 Å². The van der Waals surface area contributed by atoms with E-state index in [0.29, 0.717) is 41.3 Å². The maximum absolute atomic E-state index is 11.8. The third kappa shape index (κ3) is 5.28. The number of amides is 1. The molecule has 0 aliphatic heterocycles. The second-order valence-corrected chi connectivity index (χ2v) is 5.48. The quantitative estimate of drug-likeness (QED) is 0.746. The van der Waals surface area contributed by atoms with Crippen molar-refractivity contribution in [3.05, 3.63) is 58.6 Å². The van der Waals surface area contributed by atoms with Gasteiger partial charge < -0.3 is 14.8 Å². The molecule has 0 saturated heterocycles. The van der Waals surface area contributed by atoms with Crippen LogP contribution in [0, 0.1) is 0 Å². The molecule has 0 aromatic heterocycles. The van der Waals surface area contributed by atoms with Crippen LogP contribution in [0.4, 0.5) is 0 Å². The van der Waals surface area contributed by atoms with Crippen LogP contribution in [-0.4, -0.2) is 32.5 Å². The van der Waals surface area contributed by atoms with Crippen molar-refractivity contribution in [1.82, 2.24) is 5.32 Å². The van der Waals surface area contributed by atoms with Gasteiger partial charge in [0.15, 0.2) is 12.9 Å². The molecule has 6 heteroatoms. The highest BCUT2D eigenvalue weighted by Gasteiger charge is 2.08. The smallest absolute Gasteiger partial charge is 0.257 e. The zero-order valence-corrected chi connectivity index (χ0v) is 14.0. The highest BCUT2D eigenvalue weighted by atomic mass is 35.5. The van der Waals surface area contributed by atoms with Crippen LogP contribution < -0.4 is 14.8 Å². The van der Waals surface area contributed by atoms with E-state index in [9.17, 15) is 9.59 Å². The Morgan fingerprint density at radius 2 is 2.08 bits per heavy atom. The van der Waals surface area contributed by atoms with Crippen LogP contribution in [0.5, 0.6) is 11.5 Å². The SMILES string of the molecule is COc1ccc(OCC(=O)NCCc2cccc(Cl)c2)c(C=O)c1. The van der Waals surface area contributed by atoms with Crippen molar-refractivity contribution in [2.45, 2.75) is 6.42 Å². The lowest BCUT2D eigenvalue weighted by Gasteiger charge is -2.10. The zero-order valence-electron chi connectivity index (χ0n) is 13.3. The first-order valence-electron chi connectivity index (χ1n) is 7.39. The molecule has 0 radical (unpaired) electrons. The molecule has 0 aliphatic rings. The number of hydrogen-bond donors (Lipinski definition) is 1. The number of ether oxygens (including phenoxy) is 2. The van der Waals surface area contributed by atoms with E-state index in [-0.39, 0.29) is 12.5 Å². The summed E-state index contributed by atoms with van der Waals surface area (Å²) in [6.45, 7) is 0.314. The van der Waals surface area contributed by atoms with Crippen molar-refractivity contribution in [3.8, 4) is 11.5 Å². The van der Waals surface area contributed by atoms with Crippen LogP contribution in [0.1, 0.15) is 15.9 Å². The van der Waals surface area contributed by atoms with E-state index >= 15 is 0 Å². The van der Waals surface area contributed by atoms with Crippen molar-refractivity contribution in [2.75, 3.05) is 20.3 Å². The summed E-state index contributed by atoms with van der Waals surface area (Å²) in [6, 6.07) is 12.3. The maximum atomic E-state index is 11.8. The molecule has 1 amide bonds. The fraction of sp³-hybridized carbons (Fsp3) is 0.222. The first kappa shape index (κ1) is 17.8. The summed E-state index contributed by atoms with van der Waals surface area (Å²) < 4.78 is 10.4. The number of carbonyl (C=O) groups excluding carboxylic acids is 2. The number of carbonyl (C=O) groups is 2. The lowest BCUT2D eigenvalue weighted by atomic mass is 10.1. The predicted molar refractivity (Wildman–Crippen MR) is 92.0 cm³/mol. The van der Waals surface area contributed by atoms with Crippen LogP contribution in [0.25, 0.3) is 0 Å². The molecule has 0 bridgehead atoms. The highest BCUT2D eigenvalue weighted by Crippen LogP contribution is 2.22. The Bertz CT molecular complexity index is 718. The van der Waals surface area contributed by atoms with Crippen LogP contribution >= 0.6 is 11.6 Å². The van der Waals surface area contributed by atoms with E-state index in [2.05, 4.69) is 5.32 Å². The molecule has 2 aromatic carbocycles. The average molecular weight is 348 g/mol. The third-order valence-electron chi connectivity index (χ3n) is 3.33. The summed E-state index contributed by atoms with van der Waals surface area (Å²) in [5.41, 5.74) is 1.38. The number of rotatable bonds is 8. The molecule has 1 N–H and O–H groups in total. The van der Waals surface area contributed by atoms with Gasteiger partial charge in [-0.15, -0.1) is 0 Å². The summed E-state index contributed by atoms with van der Waals surface area (Å²) in [7, 11) is 1.51. The Morgan fingerprint density at radius 3 is 2.79 bits per heavy atom. The highest BCUT2D eigenvalue weighted by molar-refractivity contribution is 6.30. The molecular formula is C18H18ClNO4. The molecule has 0 spiro atoms. The van der Waals surface area contributed by atoms with Gasteiger partial charge in [0.05, 0.1) is 12.7 Å². The van der Waals surface area contributed by atoms with Gasteiger partial charge >= 0.3 is 0 Å². The van der Waals surface area contributed by atoms with Crippen molar-refractivity contribution < 1.29 is 19.1 Å². The third-order valence-corrected chi connectivity index (χ3v) is 3.56. The molecule has 24 heavy (non-hydrogen) atoms. The van der Waals surface area contributed by atoms with E-state index in [1.54, 1.807) is 24.3 Å². The summed E-state index contributed by atoms with van der Waals surface area (Å²) in [6.07, 6.45) is 1.34. The number of aldehydes is 1. The molecule has 2 rings (SSSR count). The molecule has 5 nitrogen and oxygen atoms in total. The topological polar surface area (TPSA) is 64.6 Å². The largest absolute Gasteiger partial charge is 0.497 e. The molecule has 2 aromatic rings. The summed E-state index contributed by atoms with van der Waals surface area (Å²) >= 11 is 5.91. The van der Waals surface area contributed by atoms with E-state index in [1.165, 1.54) is 7.11 Å². The Kier molecular flexibility index (Phi) is 6.63. The number of benzene rings is 2. The zero-order chi connectivity index (χ0) is 17.4. The van der Waals surface area contributed by atoms with E-state index < -0.39 is 0 Å². The molecule has 0 saturated carbocycles. The molecule has 0 aliphatic carbocycles. The van der Waals surface area contributed by atoms with E-state index in [1.807, 2.05) is 18.2 Å². The molecule has 126 valence electrons. The maximum Gasteiger partial charge on any atom is 0.257 e. The van der Waals surface area contributed by atoms with E-state index in [0.717, 1.165) is 5.56 Å². The van der Waals surface area contributed by atoms with Gasteiger partial charge in [-0.25, -0.2) is 0 Å². The fourth-order valence-electron chi connectivity index (χ4n) is 2.11. The molecule has 0 fully saturated rings.